The average molecular weight is 304 g/mol. The number of aromatic nitrogens is 2. The van der Waals surface area contributed by atoms with Gasteiger partial charge in [0.25, 0.3) is 0 Å². The minimum atomic E-state index is -0.830. The summed E-state index contributed by atoms with van der Waals surface area (Å²) in [5.41, 5.74) is 6.54. The number of nitrogens with zero attached hydrogens (tertiary/aromatic N) is 1. The maximum absolute atomic E-state index is 12.4. The SMILES string of the molecule is NC1(C(=O)Nc2cc(C3CC4CCC3C4)[nH]n2)CCOCC1. The molecule has 3 unspecified atom stereocenters. The minimum Gasteiger partial charge on any atom is -0.381 e. The molecule has 2 saturated carbocycles. The molecule has 22 heavy (non-hydrogen) atoms. The van der Waals surface area contributed by atoms with Gasteiger partial charge in [-0.1, -0.05) is 6.42 Å². The monoisotopic (exact) mass is 304 g/mol. The van der Waals surface area contributed by atoms with Crippen LogP contribution in [-0.4, -0.2) is 34.9 Å². The molecule has 1 saturated heterocycles. The van der Waals surface area contributed by atoms with E-state index in [-0.39, 0.29) is 5.91 Å². The van der Waals surface area contributed by atoms with Crippen LogP contribution in [0.25, 0.3) is 0 Å². The Kier molecular flexibility index (Phi) is 3.46. The van der Waals surface area contributed by atoms with Gasteiger partial charge < -0.3 is 15.8 Å². The highest BCUT2D eigenvalue weighted by Gasteiger charge is 2.41. The molecule has 1 aromatic heterocycles. The van der Waals surface area contributed by atoms with Crippen LogP contribution in [-0.2, 0) is 9.53 Å². The molecule has 0 aromatic carbocycles. The summed E-state index contributed by atoms with van der Waals surface area (Å²) in [6.07, 6.45) is 6.46. The first-order chi connectivity index (χ1) is 10.6. The maximum atomic E-state index is 12.4. The van der Waals surface area contributed by atoms with E-state index in [9.17, 15) is 4.79 Å². The van der Waals surface area contributed by atoms with Gasteiger partial charge in [-0.2, -0.15) is 5.10 Å². The molecule has 6 nitrogen and oxygen atoms in total. The van der Waals surface area contributed by atoms with Gasteiger partial charge >= 0.3 is 0 Å². The van der Waals surface area contributed by atoms with Crippen LogP contribution in [0.5, 0.6) is 0 Å². The van der Waals surface area contributed by atoms with Crippen LogP contribution in [0.3, 0.4) is 0 Å². The summed E-state index contributed by atoms with van der Waals surface area (Å²) in [7, 11) is 0. The fraction of sp³-hybridized carbons (Fsp3) is 0.750. The molecule has 3 atom stereocenters. The summed E-state index contributed by atoms with van der Waals surface area (Å²) < 4.78 is 5.28. The van der Waals surface area contributed by atoms with Crippen molar-refractivity contribution >= 4 is 11.7 Å². The van der Waals surface area contributed by atoms with E-state index >= 15 is 0 Å². The number of rotatable bonds is 3. The molecule has 2 heterocycles. The zero-order valence-corrected chi connectivity index (χ0v) is 12.8. The Morgan fingerprint density at radius 1 is 1.36 bits per heavy atom. The lowest BCUT2D eigenvalue weighted by atomic mass is 9.86. The standard InChI is InChI=1S/C16H24N4O2/c17-16(3-5-22-6-4-16)15(21)18-14-9-13(19-20-14)12-8-10-1-2-11(12)7-10/h9-12H,1-8,17H2,(H2,18,19,20,21). The molecule has 3 aliphatic rings. The Balaban J connectivity index is 1.42. The minimum absolute atomic E-state index is 0.151. The number of ether oxygens (including phenoxy) is 1. The molecule has 6 heteroatoms. The van der Waals surface area contributed by atoms with E-state index in [0.717, 1.165) is 11.8 Å². The Morgan fingerprint density at radius 2 is 2.18 bits per heavy atom. The van der Waals surface area contributed by atoms with Crippen LogP contribution >= 0.6 is 0 Å². The number of hydrogen-bond donors (Lipinski definition) is 3. The Bertz CT molecular complexity index is 564. The topological polar surface area (TPSA) is 93.0 Å². The van der Waals surface area contributed by atoms with Gasteiger partial charge in [-0.3, -0.25) is 9.89 Å². The molecule has 3 fully saturated rings. The first kappa shape index (κ1) is 14.2. The number of carbonyl (C=O) groups excluding carboxylic acids is 1. The molecule has 1 amide bonds. The summed E-state index contributed by atoms with van der Waals surface area (Å²) in [4.78, 5) is 12.4. The number of carbonyl (C=O) groups is 1. The smallest absolute Gasteiger partial charge is 0.245 e. The maximum Gasteiger partial charge on any atom is 0.245 e. The molecule has 0 spiro atoms. The van der Waals surface area contributed by atoms with Gasteiger partial charge in [-0.05, 0) is 43.9 Å². The van der Waals surface area contributed by atoms with Crippen molar-refractivity contribution in [2.45, 2.75) is 50.0 Å². The fourth-order valence-corrected chi connectivity index (χ4v) is 4.42. The van der Waals surface area contributed by atoms with E-state index in [1.807, 2.05) is 6.07 Å². The van der Waals surface area contributed by atoms with E-state index in [1.54, 1.807) is 0 Å². The van der Waals surface area contributed by atoms with Crippen LogP contribution in [0, 0.1) is 11.8 Å². The van der Waals surface area contributed by atoms with Crippen molar-refractivity contribution in [3.05, 3.63) is 11.8 Å². The number of amides is 1. The third kappa shape index (κ3) is 2.44. The molecular weight excluding hydrogens is 280 g/mol. The number of aromatic amines is 1. The van der Waals surface area contributed by atoms with Crippen molar-refractivity contribution in [1.29, 1.82) is 0 Å². The zero-order chi connectivity index (χ0) is 15.2. The molecule has 120 valence electrons. The van der Waals surface area contributed by atoms with Gasteiger partial charge in [0.2, 0.25) is 5.91 Å². The van der Waals surface area contributed by atoms with Gasteiger partial charge in [0, 0.05) is 30.9 Å². The van der Waals surface area contributed by atoms with Gasteiger partial charge in [0.1, 0.15) is 5.54 Å². The van der Waals surface area contributed by atoms with Crippen molar-refractivity contribution in [2.24, 2.45) is 17.6 Å². The summed E-state index contributed by atoms with van der Waals surface area (Å²) >= 11 is 0. The third-order valence-corrected chi connectivity index (χ3v) is 5.81. The highest BCUT2D eigenvalue weighted by Crippen LogP contribution is 2.52. The van der Waals surface area contributed by atoms with Crippen molar-refractivity contribution in [3.63, 3.8) is 0 Å². The van der Waals surface area contributed by atoms with Crippen LogP contribution < -0.4 is 11.1 Å². The number of anilines is 1. The van der Waals surface area contributed by atoms with Gasteiger partial charge in [0.05, 0.1) is 0 Å². The average Bonchev–Trinajstić information content (AvgIpc) is 3.24. The first-order valence-corrected chi connectivity index (χ1v) is 8.37. The van der Waals surface area contributed by atoms with E-state index in [2.05, 4.69) is 15.5 Å². The number of hydrogen-bond acceptors (Lipinski definition) is 4. The van der Waals surface area contributed by atoms with E-state index < -0.39 is 5.54 Å². The number of nitrogens with two attached hydrogens (primary N) is 1. The quantitative estimate of drug-likeness (QED) is 0.793. The lowest BCUT2D eigenvalue weighted by molar-refractivity contribution is -0.124. The molecule has 0 radical (unpaired) electrons. The van der Waals surface area contributed by atoms with Crippen LogP contribution in [0.4, 0.5) is 5.82 Å². The van der Waals surface area contributed by atoms with Gasteiger partial charge in [-0.15, -0.1) is 0 Å². The molecule has 2 aliphatic carbocycles. The molecule has 1 aromatic rings. The molecule has 1 aliphatic heterocycles. The number of nitrogens with one attached hydrogen (secondary N) is 2. The lowest BCUT2D eigenvalue weighted by Gasteiger charge is -2.31. The largest absolute Gasteiger partial charge is 0.381 e. The summed E-state index contributed by atoms with van der Waals surface area (Å²) in [6, 6.07) is 1.99. The van der Waals surface area contributed by atoms with Gasteiger partial charge in [0.15, 0.2) is 5.82 Å². The second-order valence-corrected chi connectivity index (χ2v) is 7.21. The van der Waals surface area contributed by atoms with E-state index in [0.29, 0.717) is 37.8 Å². The molecule has 2 bridgehead atoms. The highest BCUT2D eigenvalue weighted by atomic mass is 16.5. The lowest BCUT2D eigenvalue weighted by Crippen LogP contribution is -2.54. The second kappa shape index (κ2) is 5.35. The van der Waals surface area contributed by atoms with Crippen LogP contribution in [0.1, 0.15) is 50.1 Å². The summed E-state index contributed by atoms with van der Waals surface area (Å²) in [5, 5.41) is 10.3. The van der Waals surface area contributed by atoms with Gasteiger partial charge in [-0.25, -0.2) is 0 Å². The second-order valence-electron chi connectivity index (χ2n) is 7.21. The number of H-pyrrole nitrogens is 1. The first-order valence-electron chi connectivity index (χ1n) is 8.37. The van der Waals surface area contributed by atoms with Crippen molar-refractivity contribution < 1.29 is 9.53 Å². The predicted octanol–water partition coefficient (Wildman–Crippen LogP) is 1.76. The van der Waals surface area contributed by atoms with Crippen LogP contribution in [0.15, 0.2) is 6.07 Å². The normalized spacial score (nSPS) is 33.0. The fourth-order valence-electron chi connectivity index (χ4n) is 4.42. The molecule has 4 N–H and O–H groups in total. The Morgan fingerprint density at radius 3 is 2.86 bits per heavy atom. The molecular formula is C16H24N4O2. The zero-order valence-electron chi connectivity index (χ0n) is 12.8. The number of fused-ring (bicyclic) bond motifs is 2. The summed E-state index contributed by atoms with van der Waals surface area (Å²) in [6.45, 7) is 1.09. The highest BCUT2D eigenvalue weighted by molar-refractivity contribution is 5.97. The molecule has 4 rings (SSSR count). The third-order valence-electron chi connectivity index (χ3n) is 5.81. The van der Waals surface area contributed by atoms with Crippen molar-refractivity contribution in [2.75, 3.05) is 18.5 Å². The van der Waals surface area contributed by atoms with E-state index in [4.69, 9.17) is 10.5 Å². The Labute approximate surface area is 130 Å². The van der Waals surface area contributed by atoms with E-state index in [1.165, 1.54) is 31.4 Å². The van der Waals surface area contributed by atoms with Crippen molar-refractivity contribution in [1.82, 2.24) is 10.2 Å². The van der Waals surface area contributed by atoms with Crippen molar-refractivity contribution in [3.8, 4) is 0 Å². The summed E-state index contributed by atoms with van der Waals surface area (Å²) in [5.74, 6) is 2.73. The predicted molar refractivity (Wildman–Crippen MR) is 82.4 cm³/mol. The van der Waals surface area contributed by atoms with Crippen LogP contribution in [0.2, 0.25) is 0 Å². The Hall–Kier alpha value is -1.40.